The van der Waals surface area contributed by atoms with Crippen LogP contribution in [0.15, 0.2) is 24.3 Å². The van der Waals surface area contributed by atoms with Gasteiger partial charge in [0.05, 0.1) is 11.7 Å². The summed E-state index contributed by atoms with van der Waals surface area (Å²) in [7, 11) is -3.46. The first-order valence-electron chi connectivity index (χ1n) is 8.34. The van der Waals surface area contributed by atoms with Crippen molar-refractivity contribution >= 4 is 27.5 Å². The molecule has 0 radical (unpaired) electrons. The Labute approximate surface area is 149 Å². The predicted octanol–water partition coefficient (Wildman–Crippen LogP) is 2.80. The van der Waals surface area contributed by atoms with E-state index in [1.54, 1.807) is 24.3 Å². The minimum absolute atomic E-state index is 0.0491. The third kappa shape index (κ3) is 5.19. The highest BCUT2D eigenvalue weighted by molar-refractivity contribution is 7.88. The first-order valence-corrected chi connectivity index (χ1v) is 10.3. The topological polar surface area (TPSA) is 66.5 Å². The van der Waals surface area contributed by atoms with Gasteiger partial charge in [-0.15, -0.1) is 0 Å². The monoisotopic (exact) mass is 372 g/mol. The third-order valence-electron chi connectivity index (χ3n) is 4.39. The fourth-order valence-electron chi connectivity index (χ4n) is 2.80. The van der Waals surface area contributed by atoms with Crippen molar-refractivity contribution in [2.75, 3.05) is 13.1 Å². The minimum atomic E-state index is -3.46. The van der Waals surface area contributed by atoms with Crippen LogP contribution in [0.5, 0.6) is 0 Å². The molecule has 0 bridgehead atoms. The van der Waals surface area contributed by atoms with Gasteiger partial charge in [0, 0.05) is 24.2 Å². The largest absolute Gasteiger partial charge is 0.353 e. The van der Waals surface area contributed by atoms with Gasteiger partial charge in [0.1, 0.15) is 0 Å². The van der Waals surface area contributed by atoms with Crippen molar-refractivity contribution in [1.29, 1.82) is 0 Å². The van der Waals surface area contributed by atoms with Crippen molar-refractivity contribution in [3.63, 3.8) is 0 Å². The number of benzene rings is 1. The fraction of sp³-hybridized carbons (Fsp3) is 0.588. The Morgan fingerprint density at radius 1 is 1.46 bits per heavy atom. The number of rotatable bonds is 6. The van der Waals surface area contributed by atoms with Gasteiger partial charge in [-0.3, -0.25) is 4.79 Å². The number of hydrogen-bond acceptors (Lipinski definition) is 3. The van der Waals surface area contributed by atoms with Gasteiger partial charge in [0.15, 0.2) is 0 Å². The summed E-state index contributed by atoms with van der Waals surface area (Å²) in [6.45, 7) is 4.68. The van der Waals surface area contributed by atoms with Crippen LogP contribution in [-0.4, -0.2) is 37.8 Å². The zero-order chi connectivity index (χ0) is 17.7. The van der Waals surface area contributed by atoms with Crippen molar-refractivity contribution in [2.24, 2.45) is 5.92 Å². The van der Waals surface area contributed by atoms with Gasteiger partial charge in [0.25, 0.3) is 0 Å². The van der Waals surface area contributed by atoms with E-state index in [0.717, 1.165) is 12.8 Å². The summed E-state index contributed by atoms with van der Waals surface area (Å²) in [6.07, 6.45) is 2.29. The maximum atomic E-state index is 12.7. The van der Waals surface area contributed by atoms with Gasteiger partial charge in [-0.2, -0.15) is 0 Å². The van der Waals surface area contributed by atoms with Crippen LogP contribution in [0.4, 0.5) is 0 Å². The van der Waals surface area contributed by atoms with Gasteiger partial charge in [0.2, 0.25) is 15.9 Å². The molecular weight excluding hydrogens is 348 g/mol. The van der Waals surface area contributed by atoms with E-state index in [9.17, 15) is 13.2 Å². The van der Waals surface area contributed by atoms with Crippen LogP contribution < -0.4 is 5.32 Å². The summed E-state index contributed by atoms with van der Waals surface area (Å²) in [5.74, 6) is -0.415. The molecule has 1 fully saturated rings. The highest BCUT2D eigenvalue weighted by Crippen LogP contribution is 2.22. The van der Waals surface area contributed by atoms with Gasteiger partial charge >= 0.3 is 0 Å². The summed E-state index contributed by atoms with van der Waals surface area (Å²) in [4.78, 5) is 12.3. The van der Waals surface area contributed by atoms with Crippen LogP contribution in [0.1, 0.15) is 38.7 Å². The average Bonchev–Trinajstić information content (AvgIpc) is 2.54. The Morgan fingerprint density at radius 3 is 2.88 bits per heavy atom. The second-order valence-electron chi connectivity index (χ2n) is 6.40. The Balaban J connectivity index is 2.03. The molecule has 5 nitrogen and oxygen atoms in total. The number of sulfonamides is 1. The van der Waals surface area contributed by atoms with Gasteiger partial charge in [-0.05, 0) is 43.9 Å². The summed E-state index contributed by atoms with van der Waals surface area (Å²) in [6, 6.07) is 6.98. The standard InChI is InChI=1S/C17H25ClN2O3S/c1-3-13(2)19-17(21)15-7-5-9-20(11-15)24(22,23)12-14-6-4-8-16(18)10-14/h4,6,8,10,13,15H,3,5,7,9,11-12H2,1-2H3,(H,19,21)/t13-,15+/m1/s1. The van der Waals surface area contributed by atoms with E-state index in [0.29, 0.717) is 23.6 Å². The van der Waals surface area contributed by atoms with Gasteiger partial charge in [-0.1, -0.05) is 30.7 Å². The lowest BCUT2D eigenvalue weighted by atomic mass is 9.98. The van der Waals surface area contributed by atoms with E-state index in [-0.39, 0.29) is 30.2 Å². The molecule has 1 aliphatic heterocycles. The molecule has 0 unspecified atom stereocenters. The molecule has 134 valence electrons. The van der Waals surface area contributed by atoms with E-state index >= 15 is 0 Å². The highest BCUT2D eigenvalue weighted by Gasteiger charge is 2.32. The van der Waals surface area contributed by atoms with Crippen molar-refractivity contribution in [3.05, 3.63) is 34.9 Å². The number of nitrogens with one attached hydrogen (secondary N) is 1. The van der Waals surface area contributed by atoms with Crippen molar-refractivity contribution in [1.82, 2.24) is 9.62 Å². The van der Waals surface area contributed by atoms with E-state index in [1.165, 1.54) is 4.31 Å². The smallest absolute Gasteiger partial charge is 0.224 e. The van der Waals surface area contributed by atoms with Crippen molar-refractivity contribution in [3.8, 4) is 0 Å². The number of halogens is 1. The lowest BCUT2D eigenvalue weighted by molar-refractivity contribution is -0.126. The summed E-state index contributed by atoms with van der Waals surface area (Å²) in [5, 5.41) is 3.47. The van der Waals surface area contributed by atoms with E-state index in [4.69, 9.17) is 11.6 Å². The predicted molar refractivity (Wildman–Crippen MR) is 96.3 cm³/mol. The van der Waals surface area contributed by atoms with Crippen molar-refractivity contribution < 1.29 is 13.2 Å². The molecule has 1 aromatic carbocycles. The minimum Gasteiger partial charge on any atom is -0.353 e. The Morgan fingerprint density at radius 2 is 2.21 bits per heavy atom. The summed E-state index contributed by atoms with van der Waals surface area (Å²) >= 11 is 5.92. The quantitative estimate of drug-likeness (QED) is 0.834. The van der Waals surface area contributed by atoms with Crippen LogP contribution in [-0.2, 0) is 20.6 Å². The number of piperidine rings is 1. The lowest BCUT2D eigenvalue weighted by Crippen LogP contribution is -2.47. The fourth-order valence-corrected chi connectivity index (χ4v) is 4.61. The van der Waals surface area contributed by atoms with Crippen LogP contribution in [0.25, 0.3) is 0 Å². The van der Waals surface area contributed by atoms with E-state index < -0.39 is 10.0 Å². The molecule has 24 heavy (non-hydrogen) atoms. The van der Waals surface area contributed by atoms with Crippen LogP contribution in [0.3, 0.4) is 0 Å². The molecule has 1 saturated heterocycles. The first kappa shape index (κ1) is 19.2. The van der Waals surface area contributed by atoms with Crippen LogP contribution in [0, 0.1) is 5.92 Å². The summed E-state index contributed by atoms with van der Waals surface area (Å²) < 4.78 is 26.8. The van der Waals surface area contributed by atoms with Gasteiger partial charge in [-0.25, -0.2) is 12.7 Å². The molecule has 1 aliphatic rings. The molecule has 2 rings (SSSR count). The number of carbonyl (C=O) groups is 1. The first-order chi connectivity index (χ1) is 11.3. The normalized spacial score (nSPS) is 20.5. The SMILES string of the molecule is CC[C@@H](C)NC(=O)[C@H]1CCCN(S(=O)(=O)Cc2cccc(Cl)c2)C1. The molecule has 0 saturated carbocycles. The second-order valence-corrected chi connectivity index (χ2v) is 8.81. The van der Waals surface area contributed by atoms with Crippen LogP contribution >= 0.6 is 11.6 Å². The average molecular weight is 373 g/mol. The molecule has 0 spiro atoms. The highest BCUT2D eigenvalue weighted by atomic mass is 35.5. The molecule has 0 aromatic heterocycles. The molecule has 0 aliphatic carbocycles. The molecule has 1 aromatic rings. The lowest BCUT2D eigenvalue weighted by Gasteiger charge is -2.31. The van der Waals surface area contributed by atoms with E-state index in [2.05, 4.69) is 5.32 Å². The van der Waals surface area contributed by atoms with Gasteiger partial charge < -0.3 is 5.32 Å². The molecular formula is C17H25ClN2O3S. The third-order valence-corrected chi connectivity index (χ3v) is 6.44. The molecule has 2 atom stereocenters. The zero-order valence-corrected chi connectivity index (χ0v) is 15.7. The molecule has 7 heteroatoms. The van der Waals surface area contributed by atoms with Crippen molar-refractivity contribution in [2.45, 2.75) is 44.9 Å². The van der Waals surface area contributed by atoms with E-state index in [1.807, 2.05) is 13.8 Å². The second kappa shape index (κ2) is 8.32. The molecule has 1 N–H and O–H groups in total. The Bertz CT molecular complexity index is 678. The number of carbonyl (C=O) groups excluding carboxylic acids is 1. The van der Waals surface area contributed by atoms with Crippen LogP contribution in [0.2, 0.25) is 5.02 Å². The summed E-state index contributed by atoms with van der Waals surface area (Å²) in [5.41, 5.74) is 0.661. The maximum Gasteiger partial charge on any atom is 0.224 e. The molecule has 1 heterocycles. The number of nitrogens with zero attached hydrogens (tertiary/aromatic N) is 1. The Hall–Kier alpha value is -1.11. The molecule has 1 amide bonds. The number of hydrogen-bond donors (Lipinski definition) is 1. The zero-order valence-electron chi connectivity index (χ0n) is 14.2. The number of amides is 1. The Kier molecular flexibility index (Phi) is 6.66. The maximum absolute atomic E-state index is 12.7.